The predicted molar refractivity (Wildman–Crippen MR) is 459 cm³/mol. The molecule has 2 aliphatic heterocycles. The molecule has 3 amide bonds. The molecule has 0 aliphatic carbocycles. The molecule has 0 radical (unpaired) electrons. The predicted octanol–water partition coefficient (Wildman–Crippen LogP) is 17.6. The van der Waals surface area contributed by atoms with E-state index in [1.165, 1.54) is 124 Å². The minimum absolute atomic E-state index is 0.0523. The summed E-state index contributed by atoms with van der Waals surface area (Å²) < 4.78 is 136. The van der Waals surface area contributed by atoms with Crippen LogP contribution in [0.3, 0.4) is 0 Å². The second-order valence-corrected chi connectivity index (χ2v) is 30.9. The SMILES string of the molecule is CN1c2ccc(F)cc2CC(=O)c2scc(C#N)c21.CN1c2ccc(F)cc2N(c2ccccc2)C(=O)c2scc(C#N)c21.CNc1c(C#N)csc1C(=O)OC.COC(=O)c1scc(C#N)c1N.COC(=O)c1scc(C#N)c1N(C)C(=O)C(F)(F)F.COC(=O)c1scc(C#N)c1N(C)c1ccc(F)cc1[N+](=O)[O-].COC(=O)c1scc(C#N)c1NC(=O)C(F)(F)F. The van der Waals surface area contributed by atoms with E-state index in [-0.39, 0.29) is 82.1 Å². The summed E-state index contributed by atoms with van der Waals surface area (Å²) in [6.07, 6.45) is -10.0. The van der Waals surface area contributed by atoms with Crippen LogP contribution in [0, 0.1) is 107 Å². The summed E-state index contributed by atoms with van der Waals surface area (Å²) in [5.74, 6) is -9.75. The van der Waals surface area contributed by atoms with Crippen LogP contribution < -0.4 is 40.9 Å². The number of nitrogens with zero attached hydrogens (tertiary/aromatic N) is 13. The molecule has 7 aromatic heterocycles. The Balaban J connectivity index is 0.000000209. The summed E-state index contributed by atoms with van der Waals surface area (Å²) in [4.78, 5) is 122. The van der Waals surface area contributed by atoms with Crippen LogP contribution in [0.4, 0.5) is 113 Å². The van der Waals surface area contributed by atoms with Crippen LogP contribution in [0.1, 0.15) is 112 Å². The minimum atomic E-state index is -5.11. The zero-order chi connectivity index (χ0) is 96.0. The van der Waals surface area contributed by atoms with Crippen LogP contribution in [0.2, 0.25) is 0 Å². The monoisotopic (exact) mass is 1900 g/mol. The number of halogens is 9. The lowest BCUT2D eigenvalue weighted by molar-refractivity contribution is -0.384. The van der Waals surface area contributed by atoms with Gasteiger partial charge in [0.05, 0.1) is 142 Å². The molecule has 4 N–H and O–H groups in total. The van der Waals surface area contributed by atoms with Crippen LogP contribution in [0.25, 0.3) is 0 Å². The van der Waals surface area contributed by atoms with Gasteiger partial charge >= 0.3 is 54.0 Å². The number of fused-ring (bicyclic) bond motifs is 4. The van der Waals surface area contributed by atoms with Gasteiger partial charge in [-0.15, -0.1) is 79.4 Å². The maximum absolute atomic E-state index is 14.0. The molecule has 4 aromatic carbocycles. The van der Waals surface area contributed by atoms with Gasteiger partial charge in [-0.25, -0.2) is 37.1 Å². The molecule has 32 nitrogen and oxygen atoms in total. The number of nitrogen functional groups attached to an aromatic ring is 1. The van der Waals surface area contributed by atoms with Crippen molar-refractivity contribution in [3.8, 4) is 42.5 Å². The number of hydrogen-bond donors (Lipinski definition) is 3. The number of alkyl halides is 6. The van der Waals surface area contributed by atoms with Gasteiger partial charge in [0.15, 0.2) is 5.78 Å². The number of hydrogen-bond acceptors (Lipinski definition) is 35. The lowest BCUT2D eigenvalue weighted by Gasteiger charge is -2.25. The first-order valence-corrected chi connectivity index (χ1v) is 41.1. The average Bonchev–Trinajstić information content (AvgIpc) is 1.61. The average molecular weight is 1910 g/mol. The zero-order valence-corrected chi connectivity index (χ0v) is 73.2. The Morgan fingerprint density at radius 2 is 0.899 bits per heavy atom. The molecule has 129 heavy (non-hydrogen) atoms. The lowest BCUT2D eigenvalue weighted by Crippen LogP contribution is -2.39. The molecule has 2 aliphatic rings. The molecular formula is C81H57F9N16O16S7. The number of nitro groups is 1. The second kappa shape index (κ2) is 44.3. The highest BCUT2D eigenvalue weighted by atomic mass is 32.1. The normalized spacial score (nSPS) is 11.1. The molecule has 9 heterocycles. The van der Waals surface area contributed by atoms with Gasteiger partial charge in [-0.3, -0.25) is 34.2 Å². The van der Waals surface area contributed by atoms with E-state index in [9.17, 15) is 103 Å². The van der Waals surface area contributed by atoms with E-state index in [1.54, 1.807) is 83.5 Å². The van der Waals surface area contributed by atoms with Crippen molar-refractivity contribution in [1.29, 1.82) is 36.8 Å². The Bertz CT molecular complexity index is 6510. The number of ether oxygens (including phenoxy) is 5. The number of carbonyl (C=O) groups excluding carboxylic acids is 9. The highest BCUT2D eigenvalue weighted by Gasteiger charge is 2.44. The summed E-state index contributed by atoms with van der Waals surface area (Å²) in [5, 5.41) is 88.1. The standard InChI is InChI=1S/C19H12FN3OS.C14H10FN3O4S.C14H9FN2OS.C10H7F3N2O3S.C9H5F3N2O3S.C8H8N2O2S.C7H6N2O2S/c1-22-15-8-7-13(20)9-16(15)23(14-5-3-2-4-6-14)19(24)18-17(22)12(10-21)11-25-18;1-17(10-4-3-9(15)5-11(10)18(20)21)12-8(6-16)7-23-13(12)14(19)22-2;1-17-11-3-2-10(15)4-8(11)5-12(18)14-13(17)9(6-16)7-19-14;1-15(9(17)10(11,12)13)6-5(3-14)4-19-7(6)8(16)18-2;1-17-7(15)6-5(4(2-13)3-18-6)14-8(16)9(10,11)12;1-10-6-5(3-9)4-13-7(6)8(11)12-2;1-11-7(10)6-5(9)4(2-8)3-12-6/h2-9,11H,1H3;3-5,7H,1-2H3;2-4,7H,5H2,1H3;4H,1-2H3;3H,1H3,(H,14,16);4,10H,1-2H3;3H,9H2,1H3. The fourth-order valence-corrected chi connectivity index (χ4v) is 17.8. The van der Waals surface area contributed by atoms with E-state index in [0.717, 1.165) is 78.5 Å². The largest absolute Gasteiger partial charge is 0.471 e. The number of benzene rings is 4. The Morgan fingerprint density at radius 1 is 0.496 bits per heavy atom. The van der Waals surface area contributed by atoms with Crippen molar-refractivity contribution in [3.63, 3.8) is 0 Å². The van der Waals surface area contributed by atoms with Gasteiger partial charge in [0.25, 0.3) is 11.6 Å². The lowest BCUT2D eigenvalue weighted by atomic mass is 10.1. The second-order valence-electron chi connectivity index (χ2n) is 24.8. The number of Topliss-reactive ketones (excluding diaryl/α,β-unsaturated/α-hetero) is 1. The highest BCUT2D eigenvalue weighted by molar-refractivity contribution is 7.15. The summed E-state index contributed by atoms with van der Waals surface area (Å²) >= 11 is 7.23. The van der Waals surface area contributed by atoms with Gasteiger partial charge in [-0.05, 0) is 60.2 Å². The molecular weight excluding hydrogens is 1850 g/mol. The number of anilines is 12. The number of esters is 5. The van der Waals surface area contributed by atoms with Gasteiger partial charge in [0.1, 0.15) is 94.9 Å². The number of nitro benzene ring substituents is 1. The van der Waals surface area contributed by atoms with Crippen molar-refractivity contribution in [3.05, 3.63) is 229 Å². The van der Waals surface area contributed by atoms with Crippen molar-refractivity contribution in [1.82, 2.24) is 0 Å². The smallest absolute Gasteiger partial charge is 0.465 e. The van der Waals surface area contributed by atoms with E-state index in [1.807, 2.05) is 36.4 Å². The molecule has 0 atom stereocenters. The zero-order valence-electron chi connectivity index (χ0n) is 67.5. The first-order valence-electron chi connectivity index (χ1n) is 35.0. The topological polar surface area (TPSA) is 476 Å². The molecule has 0 fully saturated rings. The summed E-state index contributed by atoms with van der Waals surface area (Å²) in [6, 6.07) is 34.1. The fraction of sp³-hybridized carbons (Fsp3) is 0.160. The van der Waals surface area contributed by atoms with Crippen molar-refractivity contribution >= 4 is 207 Å². The van der Waals surface area contributed by atoms with E-state index in [4.69, 9.17) is 32.0 Å². The number of nitriles is 7. The number of carbonyl (C=O) groups is 9. The van der Waals surface area contributed by atoms with E-state index in [2.05, 4.69) is 41.1 Å². The van der Waals surface area contributed by atoms with Crippen molar-refractivity contribution < 1.29 is 111 Å². The number of nitrogens with one attached hydrogen (secondary N) is 2. The number of ketones is 1. The van der Waals surface area contributed by atoms with Gasteiger partial charge in [-0.2, -0.15) is 63.2 Å². The van der Waals surface area contributed by atoms with Gasteiger partial charge in [-0.1, -0.05) is 18.2 Å². The maximum Gasteiger partial charge on any atom is 0.471 e. The number of rotatable bonds is 12. The van der Waals surface area contributed by atoms with E-state index >= 15 is 0 Å². The first-order chi connectivity index (χ1) is 61.1. The van der Waals surface area contributed by atoms with Crippen molar-refractivity contribution in [2.75, 3.05) is 112 Å². The van der Waals surface area contributed by atoms with Crippen molar-refractivity contribution in [2.45, 2.75) is 18.8 Å². The van der Waals surface area contributed by atoms with Gasteiger partial charge < -0.3 is 59.7 Å². The molecule has 48 heteroatoms. The highest BCUT2D eigenvalue weighted by Crippen LogP contribution is 2.48. The van der Waals surface area contributed by atoms with Gasteiger partial charge in [0.2, 0.25) is 0 Å². The number of methoxy groups -OCH3 is 5. The van der Waals surface area contributed by atoms with Crippen LogP contribution in [-0.4, -0.2) is 141 Å². The van der Waals surface area contributed by atoms with E-state index < -0.39 is 87.6 Å². The molecule has 0 saturated carbocycles. The molecule has 0 spiro atoms. The molecule has 11 aromatic rings. The van der Waals surface area contributed by atoms with Crippen molar-refractivity contribution in [2.24, 2.45) is 0 Å². The minimum Gasteiger partial charge on any atom is -0.465 e. The number of amides is 3. The Morgan fingerprint density at radius 3 is 1.39 bits per heavy atom. The summed E-state index contributed by atoms with van der Waals surface area (Å²) in [7, 11) is 13.4. The molecule has 0 saturated heterocycles. The summed E-state index contributed by atoms with van der Waals surface area (Å²) in [5.41, 5.74) is 10.9. The maximum atomic E-state index is 14.0. The Labute approximate surface area is 751 Å². The number of thiophene rings is 7. The Hall–Kier alpha value is -15.6. The third-order valence-corrected chi connectivity index (χ3v) is 24.0. The molecule has 13 rings (SSSR count). The van der Waals surface area contributed by atoms with Crippen LogP contribution in [0.15, 0.2) is 123 Å². The van der Waals surface area contributed by atoms with Crippen LogP contribution in [0.5, 0.6) is 0 Å². The fourth-order valence-electron chi connectivity index (χ4n) is 11.4. The van der Waals surface area contributed by atoms with Crippen LogP contribution >= 0.6 is 79.4 Å². The van der Waals surface area contributed by atoms with Gasteiger partial charge in [0, 0.05) is 96.8 Å². The third-order valence-electron chi connectivity index (χ3n) is 17.3. The molecule has 0 unspecified atom stereocenters. The number of para-hydroxylation sites is 1. The molecule has 0 bridgehead atoms. The van der Waals surface area contributed by atoms with Crippen LogP contribution in [-0.2, 0) is 39.7 Å². The van der Waals surface area contributed by atoms with E-state index in [0.29, 0.717) is 87.9 Å². The number of nitrogens with two attached hydrogens (primary N) is 1. The Kier molecular flexibility index (Phi) is 34.5. The molecule has 662 valence electrons. The first kappa shape index (κ1) is 101. The summed E-state index contributed by atoms with van der Waals surface area (Å²) in [6.45, 7) is 0. The quantitative estimate of drug-likeness (QED) is 0.0336. The third kappa shape index (κ3) is 22.9.